The SMILES string of the molecule is CCCCC(=O)Nc1sc2c(c1C#N)CC[C@H](C)C2. The standard InChI is InChI=1S/C15H20N2OS/c1-3-4-5-14(18)17-15-12(9-16)11-7-6-10(2)8-13(11)19-15/h10H,3-8H2,1-2H3,(H,17,18)/t10-/m0/s1. The van der Waals surface area contributed by atoms with Crippen LogP contribution in [0.25, 0.3) is 0 Å². The van der Waals surface area contributed by atoms with Crippen LogP contribution in [-0.2, 0) is 17.6 Å². The monoisotopic (exact) mass is 276 g/mol. The quantitative estimate of drug-likeness (QED) is 0.907. The zero-order chi connectivity index (χ0) is 13.8. The Bertz CT molecular complexity index is 513. The van der Waals surface area contributed by atoms with Crippen LogP contribution < -0.4 is 5.32 Å². The Kier molecular flexibility index (Phi) is 4.60. The first-order valence-electron chi connectivity index (χ1n) is 7.00. The third kappa shape index (κ3) is 3.16. The van der Waals surface area contributed by atoms with Gasteiger partial charge in [-0.15, -0.1) is 11.3 Å². The molecule has 1 aliphatic rings. The van der Waals surface area contributed by atoms with Crippen LogP contribution in [-0.4, -0.2) is 5.91 Å². The van der Waals surface area contributed by atoms with Crippen molar-refractivity contribution in [2.45, 2.75) is 52.4 Å². The van der Waals surface area contributed by atoms with Crippen LogP contribution in [0.1, 0.15) is 55.5 Å². The number of fused-ring (bicyclic) bond motifs is 1. The van der Waals surface area contributed by atoms with Crippen LogP contribution in [0.15, 0.2) is 0 Å². The number of rotatable bonds is 4. The van der Waals surface area contributed by atoms with Crippen molar-refractivity contribution in [3.8, 4) is 6.07 Å². The van der Waals surface area contributed by atoms with Gasteiger partial charge in [0.1, 0.15) is 11.1 Å². The second-order valence-electron chi connectivity index (χ2n) is 5.32. The number of anilines is 1. The van der Waals surface area contributed by atoms with Gasteiger partial charge in [0.05, 0.1) is 5.56 Å². The summed E-state index contributed by atoms with van der Waals surface area (Å²) >= 11 is 1.60. The molecule has 102 valence electrons. The van der Waals surface area contributed by atoms with E-state index in [4.69, 9.17) is 0 Å². The van der Waals surface area contributed by atoms with Gasteiger partial charge in [-0.3, -0.25) is 4.79 Å². The lowest BCUT2D eigenvalue weighted by atomic mass is 9.88. The number of amides is 1. The summed E-state index contributed by atoms with van der Waals surface area (Å²) in [6.07, 6.45) is 5.61. The first-order chi connectivity index (χ1) is 9.15. The Morgan fingerprint density at radius 2 is 2.37 bits per heavy atom. The minimum Gasteiger partial charge on any atom is -0.317 e. The first kappa shape index (κ1) is 14.1. The van der Waals surface area contributed by atoms with Crippen molar-refractivity contribution < 1.29 is 4.79 Å². The minimum atomic E-state index is 0.0324. The molecule has 0 radical (unpaired) electrons. The second-order valence-corrected chi connectivity index (χ2v) is 6.42. The largest absolute Gasteiger partial charge is 0.317 e. The number of carbonyl (C=O) groups excluding carboxylic acids is 1. The molecule has 0 bridgehead atoms. The van der Waals surface area contributed by atoms with Crippen LogP contribution in [0.4, 0.5) is 5.00 Å². The molecule has 0 fully saturated rings. The molecule has 4 heteroatoms. The fraction of sp³-hybridized carbons (Fsp3) is 0.600. The van der Waals surface area contributed by atoms with Crippen LogP contribution in [0.5, 0.6) is 0 Å². The van der Waals surface area contributed by atoms with Crippen molar-refractivity contribution in [1.29, 1.82) is 5.26 Å². The molecule has 0 aromatic carbocycles. The van der Waals surface area contributed by atoms with E-state index >= 15 is 0 Å². The molecule has 0 saturated carbocycles. The first-order valence-corrected chi connectivity index (χ1v) is 7.81. The van der Waals surface area contributed by atoms with E-state index in [1.165, 1.54) is 10.4 Å². The lowest BCUT2D eigenvalue weighted by Crippen LogP contribution is -2.11. The Morgan fingerprint density at radius 3 is 3.05 bits per heavy atom. The van der Waals surface area contributed by atoms with E-state index in [0.29, 0.717) is 17.9 Å². The maximum absolute atomic E-state index is 11.8. The number of thiophene rings is 1. The molecule has 3 nitrogen and oxygen atoms in total. The summed E-state index contributed by atoms with van der Waals surface area (Å²) in [4.78, 5) is 13.1. The molecular weight excluding hydrogens is 256 g/mol. The number of nitrogens with zero attached hydrogens (tertiary/aromatic N) is 1. The van der Waals surface area contributed by atoms with Gasteiger partial charge in [0.25, 0.3) is 0 Å². The molecule has 1 aromatic heterocycles. The third-order valence-electron chi connectivity index (χ3n) is 3.63. The summed E-state index contributed by atoms with van der Waals surface area (Å²) in [5.74, 6) is 0.714. The highest BCUT2D eigenvalue weighted by molar-refractivity contribution is 7.16. The smallest absolute Gasteiger partial charge is 0.225 e. The zero-order valence-electron chi connectivity index (χ0n) is 11.6. The lowest BCUT2D eigenvalue weighted by Gasteiger charge is -2.17. The average Bonchev–Trinajstić information content (AvgIpc) is 2.72. The summed E-state index contributed by atoms with van der Waals surface area (Å²) in [6.45, 7) is 4.31. The summed E-state index contributed by atoms with van der Waals surface area (Å²) in [6, 6.07) is 2.28. The van der Waals surface area contributed by atoms with Crippen LogP contribution in [0.3, 0.4) is 0 Å². The molecule has 1 heterocycles. The third-order valence-corrected chi connectivity index (χ3v) is 4.80. The molecular formula is C15H20N2OS. The van der Waals surface area contributed by atoms with E-state index in [9.17, 15) is 10.1 Å². The molecule has 1 N–H and O–H groups in total. The van der Waals surface area contributed by atoms with Crippen molar-refractivity contribution >= 4 is 22.2 Å². The molecule has 0 aliphatic heterocycles. The number of nitriles is 1. The normalized spacial score (nSPS) is 17.6. The van der Waals surface area contributed by atoms with E-state index in [1.807, 2.05) is 0 Å². The van der Waals surface area contributed by atoms with Crippen molar-refractivity contribution in [2.75, 3.05) is 5.32 Å². The van der Waals surface area contributed by atoms with Crippen molar-refractivity contribution in [2.24, 2.45) is 5.92 Å². The van der Waals surface area contributed by atoms with Crippen molar-refractivity contribution in [3.05, 3.63) is 16.0 Å². The number of hydrogen-bond donors (Lipinski definition) is 1. The molecule has 1 aliphatic carbocycles. The van der Waals surface area contributed by atoms with E-state index in [-0.39, 0.29) is 5.91 Å². The van der Waals surface area contributed by atoms with E-state index in [2.05, 4.69) is 25.2 Å². The molecule has 1 atom stereocenters. The molecule has 1 amide bonds. The Balaban J connectivity index is 2.17. The van der Waals surface area contributed by atoms with Gasteiger partial charge in [0.2, 0.25) is 5.91 Å². The summed E-state index contributed by atoms with van der Waals surface area (Å²) in [5.41, 5.74) is 1.88. The number of unbranched alkanes of at least 4 members (excludes halogenated alkanes) is 1. The van der Waals surface area contributed by atoms with Crippen molar-refractivity contribution in [1.82, 2.24) is 0 Å². The molecule has 1 aromatic rings. The van der Waals surface area contributed by atoms with Gasteiger partial charge in [0.15, 0.2) is 0 Å². The van der Waals surface area contributed by atoms with Gasteiger partial charge in [-0.1, -0.05) is 20.3 Å². The Labute approximate surface area is 118 Å². The van der Waals surface area contributed by atoms with Gasteiger partial charge in [-0.25, -0.2) is 0 Å². The van der Waals surface area contributed by atoms with Crippen LogP contribution >= 0.6 is 11.3 Å². The van der Waals surface area contributed by atoms with Crippen LogP contribution in [0.2, 0.25) is 0 Å². The predicted molar refractivity (Wildman–Crippen MR) is 78.4 cm³/mol. The number of nitrogens with one attached hydrogen (secondary N) is 1. The molecule has 0 unspecified atom stereocenters. The Hall–Kier alpha value is -1.34. The average molecular weight is 276 g/mol. The fourth-order valence-corrected chi connectivity index (χ4v) is 3.86. The van der Waals surface area contributed by atoms with Gasteiger partial charge < -0.3 is 5.32 Å². The number of hydrogen-bond acceptors (Lipinski definition) is 3. The van der Waals surface area contributed by atoms with Gasteiger partial charge >= 0.3 is 0 Å². The topological polar surface area (TPSA) is 52.9 Å². The lowest BCUT2D eigenvalue weighted by molar-refractivity contribution is -0.116. The fourth-order valence-electron chi connectivity index (χ4n) is 2.48. The van der Waals surface area contributed by atoms with E-state index in [1.54, 1.807) is 11.3 Å². The zero-order valence-corrected chi connectivity index (χ0v) is 12.4. The van der Waals surface area contributed by atoms with Gasteiger partial charge in [-0.05, 0) is 37.2 Å². The maximum Gasteiger partial charge on any atom is 0.225 e. The van der Waals surface area contributed by atoms with E-state index < -0.39 is 0 Å². The van der Waals surface area contributed by atoms with E-state index in [0.717, 1.165) is 37.1 Å². The minimum absolute atomic E-state index is 0.0324. The highest BCUT2D eigenvalue weighted by Crippen LogP contribution is 2.39. The second kappa shape index (κ2) is 6.21. The Morgan fingerprint density at radius 1 is 1.58 bits per heavy atom. The van der Waals surface area contributed by atoms with Crippen LogP contribution in [0, 0.1) is 17.2 Å². The molecule has 2 rings (SSSR count). The highest BCUT2D eigenvalue weighted by atomic mass is 32.1. The molecule has 0 saturated heterocycles. The number of carbonyl (C=O) groups is 1. The van der Waals surface area contributed by atoms with Gasteiger partial charge in [0, 0.05) is 11.3 Å². The maximum atomic E-state index is 11.8. The summed E-state index contributed by atoms with van der Waals surface area (Å²) < 4.78 is 0. The van der Waals surface area contributed by atoms with Gasteiger partial charge in [-0.2, -0.15) is 5.26 Å². The summed E-state index contributed by atoms with van der Waals surface area (Å²) in [7, 11) is 0. The highest BCUT2D eigenvalue weighted by Gasteiger charge is 2.24. The summed E-state index contributed by atoms with van der Waals surface area (Å²) in [5, 5.41) is 13.0. The molecule has 19 heavy (non-hydrogen) atoms. The predicted octanol–water partition coefficient (Wildman–Crippen LogP) is 3.87. The molecule has 0 spiro atoms. The van der Waals surface area contributed by atoms with Crippen molar-refractivity contribution in [3.63, 3.8) is 0 Å².